The Morgan fingerprint density at radius 3 is 2.04 bits per heavy atom. The molecule has 0 amide bonds. The normalized spacial score (nSPS) is 10.2. The highest BCUT2D eigenvalue weighted by atomic mass is 16.5. The van der Waals surface area contributed by atoms with Crippen LogP contribution in [0, 0.1) is 0 Å². The number of ether oxygens (including phenoxy) is 4. The quantitative estimate of drug-likeness (QED) is 0.349. The van der Waals surface area contributed by atoms with Gasteiger partial charge < -0.3 is 18.9 Å². The summed E-state index contributed by atoms with van der Waals surface area (Å²) in [6.45, 7) is 1.16. The molecular weight excluding hydrogens is 336 g/mol. The van der Waals surface area contributed by atoms with E-state index in [1.54, 1.807) is 31.4 Å². The Balaban J connectivity index is 1.66. The SMILES string of the molecule is COCCOc1ccc(OCCC(=O)C(=O)OCc2ccccc2)cc1. The molecule has 2 aromatic rings. The molecule has 26 heavy (non-hydrogen) atoms. The lowest BCUT2D eigenvalue weighted by Gasteiger charge is -2.08. The summed E-state index contributed by atoms with van der Waals surface area (Å²) in [5.41, 5.74) is 0.831. The van der Waals surface area contributed by atoms with Crippen LogP contribution in [0.15, 0.2) is 54.6 Å². The number of ketones is 1. The molecule has 0 N–H and O–H groups in total. The van der Waals surface area contributed by atoms with Crippen molar-refractivity contribution >= 4 is 11.8 Å². The van der Waals surface area contributed by atoms with Crippen molar-refractivity contribution in [3.63, 3.8) is 0 Å². The maximum absolute atomic E-state index is 11.8. The van der Waals surface area contributed by atoms with Gasteiger partial charge in [0.2, 0.25) is 5.78 Å². The van der Waals surface area contributed by atoms with Gasteiger partial charge in [-0.2, -0.15) is 0 Å². The molecule has 6 heteroatoms. The van der Waals surface area contributed by atoms with Crippen LogP contribution in [0.25, 0.3) is 0 Å². The lowest BCUT2D eigenvalue weighted by Crippen LogP contribution is -2.19. The van der Waals surface area contributed by atoms with E-state index in [1.165, 1.54) is 0 Å². The minimum absolute atomic E-state index is 0.0420. The van der Waals surface area contributed by atoms with Crippen LogP contribution >= 0.6 is 0 Å². The largest absolute Gasteiger partial charge is 0.493 e. The lowest BCUT2D eigenvalue weighted by molar-refractivity contribution is -0.155. The number of methoxy groups -OCH3 is 1. The van der Waals surface area contributed by atoms with E-state index in [-0.39, 0.29) is 19.6 Å². The van der Waals surface area contributed by atoms with E-state index in [0.717, 1.165) is 5.56 Å². The summed E-state index contributed by atoms with van der Waals surface area (Å²) in [5, 5.41) is 0. The Labute approximate surface area is 152 Å². The maximum Gasteiger partial charge on any atom is 0.375 e. The highest BCUT2D eigenvalue weighted by Gasteiger charge is 2.15. The second kappa shape index (κ2) is 10.9. The molecule has 0 saturated heterocycles. The molecule has 0 unspecified atom stereocenters. The number of hydrogen-bond acceptors (Lipinski definition) is 6. The third kappa shape index (κ3) is 6.94. The van der Waals surface area contributed by atoms with E-state index in [1.807, 2.05) is 30.3 Å². The molecule has 0 radical (unpaired) electrons. The van der Waals surface area contributed by atoms with Crippen LogP contribution < -0.4 is 9.47 Å². The van der Waals surface area contributed by atoms with Gasteiger partial charge in [0, 0.05) is 7.11 Å². The van der Waals surface area contributed by atoms with Gasteiger partial charge in [-0.1, -0.05) is 30.3 Å². The highest BCUT2D eigenvalue weighted by Crippen LogP contribution is 2.17. The number of benzene rings is 2. The van der Waals surface area contributed by atoms with E-state index in [0.29, 0.717) is 24.7 Å². The maximum atomic E-state index is 11.8. The standard InChI is InChI=1S/C20H22O6/c1-23-13-14-25-18-9-7-17(8-10-18)24-12-11-19(21)20(22)26-15-16-5-3-2-4-6-16/h2-10H,11-15H2,1H3. The van der Waals surface area contributed by atoms with Crippen LogP contribution in [0.5, 0.6) is 11.5 Å². The van der Waals surface area contributed by atoms with Crippen molar-refractivity contribution in [2.45, 2.75) is 13.0 Å². The van der Waals surface area contributed by atoms with Crippen molar-refractivity contribution in [1.29, 1.82) is 0 Å². The summed E-state index contributed by atoms with van der Waals surface area (Å²) in [6.07, 6.45) is -0.0420. The van der Waals surface area contributed by atoms with Gasteiger partial charge in [-0.05, 0) is 29.8 Å². The van der Waals surface area contributed by atoms with Crippen LogP contribution in [-0.4, -0.2) is 38.7 Å². The Hall–Kier alpha value is -2.86. The molecule has 0 aromatic heterocycles. The van der Waals surface area contributed by atoms with Crippen LogP contribution in [-0.2, 0) is 25.7 Å². The summed E-state index contributed by atoms with van der Waals surface area (Å²) >= 11 is 0. The van der Waals surface area contributed by atoms with E-state index >= 15 is 0 Å². The lowest BCUT2D eigenvalue weighted by atomic mass is 10.2. The van der Waals surface area contributed by atoms with Crippen molar-refractivity contribution in [2.75, 3.05) is 26.9 Å². The first kappa shape index (κ1) is 19.5. The number of carbonyl (C=O) groups excluding carboxylic acids is 2. The van der Waals surface area contributed by atoms with Crippen LogP contribution in [0.1, 0.15) is 12.0 Å². The van der Waals surface area contributed by atoms with Crippen molar-refractivity contribution in [1.82, 2.24) is 0 Å². The van der Waals surface area contributed by atoms with E-state index in [2.05, 4.69) is 0 Å². The molecule has 0 saturated carbocycles. The minimum atomic E-state index is -0.848. The molecule has 2 rings (SSSR count). The van der Waals surface area contributed by atoms with Crippen molar-refractivity contribution in [3.8, 4) is 11.5 Å². The fraction of sp³-hybridized carbons (Fsp3) is 0.300. The summed E-state index contributed by atoms with van der Waals surface area (Å²) in [6, 6.07) is 16.2. The van der Waals surface area contributed by atoms with Gasteiger partial charge in [0.1, 0.15) is 24.7 Å². The second-order valence-electron chi connectivity index (χ2n) is 5.40. The number of Topliss-reactive ketones (excluding diaryl/α,β-unsaturated/α-hetero) is 1. The first-order chi connectivity index (χ1) is 12.7. The van der Waals surface area contributed by atoms with Gasteiger partial charge >= 0.3 is 5.97 Å². The first-order valence-corrected chi connectivity index (χ1v) is 8.27. The predicted molar refractivity (Wildman–Crippen MR) is 95.2 cm³/mol. The molecular formula is C20H22O6. The monoisotopic (exact) mass is 358 g/mol. The van der Waals surface area contributed by atoms with Crippen LogP contribution in [0.2, 0.25) is 0 Å². The summed E-state index contributed by atoms with van der Waals surface area (Å²) in [5.74, 6) is -0.163. The fourth-order valence-electron chi connectivity index (χ4n) is 2.04. The Morgan fingerprint density at radius 1 is 0.808 bits per heavy atom. The predicted octanol–water partition coefficient (Wildman–Crippen LogP) is 2.79. The molecule has 0 spiro atoms. The third-order valence-corrected chi connectivity index (χ3v) is 3.42. The zero-order valence-corrected chi connectivity index (χ0v) is 14.7. The molecule has 0 aliphatic carbocycles. The van der Waals surface area contributed by atoms with E-state index < -0.39 is 11.8 Å². The van der Waals surface area contributed by atoms with Gasteiger partial charge in [-0.3, -0.25) is 4.79 Å². The summed E-state index contributed by atoms with van der Waals surface area (Å²) < 4.78 is 20.8. The fourth-order valence-corrected chi connectivity index (χ4v) is 2.04. The molecule has 0 fully saturated rings. The number of carbonyl (C=O) groups is 2. The average Bonchev–Trinajstić information content (AvgIpc) is 2.68. The smallest absolute Gasteiger partial charge is 0.375 e. The topological polar surface area (TPSA) is 71.1 Å². The molecule has 0 aliphatic heterocycles. The highest BCUT2D eigenvalue weighted by molar-refractivity contribution is 6.33. The molecule has 6 nitrogen and oxygen atoms in total. The minimum Gasteiger partial charge on any atom is -0.493 e. The van der Waals surface area contributed by atoms with Gasteiger partial charge in [0.05, 0.1) is 19.6 Å². The molecule has 0 aliphatic rings. The molecule has 0 heterocycles. The van der Waals surface area contributed by atoms with E-state index in [9.17, 15) is 9.59 Å². The zero-order valence-electron chi connectivity index (χ0n) is 14.7. The van der Waals surface area contributed by atoms with Crippen LogP contribution in [0.4, 0.5) is 0 Å². The van der Waals surface area contributed by atoms with Gasteiger partial charge in [-0.15, -0.1) is 0 Å². The van der Waals surface area contributed by atoms with Gasteiger partial charge in [-0.25, -0.2) is 4.79 Å². The van der Waals surface area contributed by atoms with Crippen LogP contribution in [0.3, 0.4) is 0 Å². The number of hydrogen-bond donors (Lipinski definition) is 0. The summed E-state index contributed by atoms with van der Waals surface area (Å²) in [4.78, 5) is 23.4. The molecule has 0 atom stereocenters. The number of esters is 1. The van der Waals surface area contributed by atoms with Crippen molar-refractivity contribution in [3.05, 3.63) is 60.2 Å². The Kier molecular flexibility index (Phi) is 8.15. The Bertz CT molecular complexity index is 681. The summed E-state index contributed by atoms with van der Waals surface area (Å²) in [7, 11) is 1.61. The molecule has 0 bridgehead atoms. The third-order valence-electron chi connectivity index (χ3n) is 3.42. The second-order valence-corrected chi connectivity index (χ2v) is 5.40. The van der Waals surface area contributed by atoms with E-state index in [4.69, 9.17) is 18.9 Å². The van der Waals surface area contributed by atoms with Crippen molar-refractivity contribution in [2.24, 2.45) is 0 Å². The van der Waals surface area contributed by atoms with Gasteiger partial charge in [0.25, 0.3) is 0 Å². The van der Waals surface area contributed by atoms with Gasteiger partial charge in [0.15, 0.2) is 0 Å². The first-order valence-electron chi connectivity index (χ1n) is 8.27. The number of rotatable bonds is 11. The Morgan fingerprint density at radius 2 is 1.42 bits per heavy atom. The van der Waals surface area contributed by atoms with Crippen molar-refractivity contribution < 1.29 is 28.5 Å². The molecule has 2 aromatic carbocycles. The zero-order chi connectivity index (χ0) is 18.6. The molecule has 138 valence electrons. The average molecular weight is 358 g/mol.